The maximum Gasteiger partial charge on any atom is 0.261 e. The van der Waals surface area contributed by atoms with Crippen LogP contribution in [0, 0.1) is 0 Å². The predicted octanol–water partition coefficient (Wildman–Crippen LogP) is 5.53. The number of rotatable bonds is 7. The molecule has 0 aromatic heterocycles. The SMILES string of the molecule is CC(C)N1CCN(c2ccc(C(=O)N3CCN(C(=O)c4ccc(Br)cc4)CC3)cc2NS(=O)(=O)c2ccc3ccccc3c2)CC1. The van der Waals surface area contributed by atoms with Gasteiger partial charge in [0.1, 0.15) is 0 Å². The molecule has 4 aromatic carbocycles. The molecule has 2 aliphatic heterocycles. The zero-order chi connectivity index (χ0) is 32.4. The molecule has 0 atom stereocenters. The van der Waals surface area contributed by atoms with E-state index in [4.69, 9.17) is 0 Å². The Bertz CT molecular complexity index is 1850. The molecule has 2 heterocycles. The van der Waals surface area contributed by atoms with E-state index >= 15 is 0 Å². The van der Waals surface area contributed by atoms with E-state index in [9.17, 15) is 18.0 Å². The van der Waals surface area contributed by atoms with Crippen LogP contribution < -0.4 is 9.62 Å². The Balaban J connectivity index is 1.23. The molecule has 240 valence electrons. The zero-order valence-electron chi connectivity index (χ0n) is 26.0. The lowest BCUT2D eigenvalue weighted by molar-refractivity contribution is 0.0535. The topological polar surface area (TPSA) is 93.3 Å². The monoisotopic (exact) mass is 703 g/mol. The molecule has 0 saturated carbocycles. The average molecular weight is 705 g/mol. The highest BCUT2D eigenvalue weighted by Gasteiger charge is 2.28. The highest BCUT2D eigenvalue weighted by atomic mass is 79.9. The molecule has 0 radical (unpaired) electrons. The second-order valence-electron chi connectivity index (χ2n) is 12.1. The van der Waals surface area contributed by atoms with E-state index in [0.29, 0.717) is 49.0 Å². The molecule has 4 aromatic rings. The summed E-state index contributed by atoms with van der Waals surface area (Å²) in [6.45, 7) is 9.16. The molecule has 2 aliphatic rings. The largest absolute Gasteiger partial charge is 0.367 e. The van der Waals surface area contributed by atoms with Crippen LogP contribution in [0.1, 0.15) is 34.6 Å². The molecular formula is C35H38BrN5O4S. The fraction of sp³-hybridized carbons (Fsp3) is 0.314. The summed E-state index contributed by atoms with van der Waals surface area (Å²) >= 11 is 3.40. The lowest BCUT2D eigenvalue weighted by atomic mass is 10.1. The molecule has 6 rings (SSSR count). The molecule has 2 amide bonds. The summed E-state index contributed by atoms with van der Waals surface area (Å²) in [5, 5.41) is 1.79. The number of anilines is 2. The van der Waals surface area contributed by atoms with Crippen LogP contribution in [0.4, 0.5) is 11.4 Å². The van der Waals surface area contributed by atoms with E-state index in [0.717, 1.165) is 47.1 Å². The van der Waals surface area contributed by atoms with Gasteiger partial charge in [-0.2, -0.15) is 0 Å². The predicted molar refractivity (Wildman–Crippen MR) is 186 cm³/mol. The van der Waals surface area contributed by atoms with Crippen molar-refractivity contribution in [2.45, 2.75) is 24.8 Å². The van der Waals surface area contributed by atoms with Gasteiger partial charge in [0.25, 0.3) is 21.8 Å². The van der Waals surface area contributed by atoms with E-state index < -0.39 is 10.0 Å². The van der Waals surface area contributed by atoms with Gasteiger partial charge in [-0.15, -0.1) is 0 Å². The number of carbonyl (C=O) groups is 2. The number of hydrogen-bond donors (Lipinski definition) is 1. The highest BCUT2D eigenvalue weighted by Crippen LogP contribution is 2.32. The van der Waals surface area contributed by atoms with Gasteiger partial charge in [-0.05, 0) is 79.2 Å². The Morgan fingerprint density at radius 2 is 1.28 bits per heavy atom. The first-order valence-electron chi connectivity index (χ1n) is 15.6. The summed E-state index contributed by atoms with van der Waals surface area (Å²) in [6.07, 6.45) is 0. The molecule has 1 N–H and O–H groups in total. The molecule has 0 unspecified atom stereocenters. The summed E-state index contributed by atoms with van der Waals surface area (Å²) < 4.78 is 31.3. The Morgan fingerprint density at radius 1 is 0.696 bits per heavy atom. The second-order valence-corrected chi connectivity index (χ2v) is 14.7. The standard InChI is InChI=1S/C35H38BrN5O4S/c1-25(2)38-15-17-39(18-16-38)33-14-10-29(24-32(33)37-46(44,45)31-13-9-26-5-3-4-6-28(26)23-31)35(43)41-21-19-40(20-22-41)34(42)27-7-11-30(36)12-8-27/h3-14,23-25,37H,15-22H2,1-2H3. The van der Waals surface area contributed by atoms with E-state index in [-0.39, 0.29) is 16.7 Å². The van der Waals surface area contributed by atoms with Crippen LogP contribution >= 0.6 is 15.9 Å². The first kappa shape index (κ1) is 32.0. The van der Waals surface area contributed by atoms with Crippen molar-refractivity contribution in [2.75, 3.05) is 62.0 Å². The Labute approximate surface area is 279 Å². The summed E-state index contributed by atoms with van der Waals surface area (Å²) in [5.74, 6) is -0.259. The zero-order valence-corrected chi connectivity index (χ0v) is 28.4. The third-order valence-electron chi connectivity index (χ3n) is 8.85. The molecule has 2 saturated heterocycles. The number of piperazine rings is 2. The van der Waals surface area contributed by atoms with Gasteiger partial charge in [-0.1, -0.05) is 46.3 Å². The van der Waals surface area contributed by atoms with Gasteiger partial charge in [0.15, 0.2) is 0 Å². The number of fused-ring (bicyclic) bond motifs is 1. The lowest BCUT2D eigenvalue weighted by Gasteiger charge is -2.39. The van der Waals surface area contributed by atoms with E-state index in [1.54, 1.807) is 52.3 Å². The summed E-state index contributed by atoms with van der Waals surface area (Å²) in [7, 11) is -3.96. The van der Waals surface area contributed by atoms with Crippen LogP contribution in [0.3, 0.4) is 0 Å². The second kappa shape index (κ2) is 13.4. The van der Waals surface area contributed by atoms with Gasteiger partial charge in [-0.25, -0.2) is 8.42 Å². The summed E-state index contributed by atoms with van der Waals surface area (Å²) in [4.78, 5) is 35.0. The minimum atomic E-state index is -3.96. The van der Waals surface area contributed by atoms with Gasteiger partial charge in [0, 0.05) is 74.0 Å². The van der Waals surface area contributed by atoms with E-state index in [2.05, 4.69) is 44.3 Å². The number of carbonyl (C=O) groups excluding carboxylic acids is 2. The van der Waals surface area contributed by atoms with Crippen LogP contribution in [-0.2, 0) is 10.0 Å². The van der Waals surface area contributed by atoms with Crippen LogP contribution in [0.15, 0.2) is 94.3 Å². The molecule has 0 spiro atoms. The highest BCUT2D eigenvalue weighted by molar-refractivity contribution is 9.10. The number of nitrogens with zero attached hydrogens (tertiary/aromatic N) is 4. The third kappa shape index (κ3) is 6.91. The number of benzene rings is 4. The van der Waals surface area contributed by atoms with Crippen molar-refractivity contribution in [2.24, 2.45) is 0 Å². The summed E-state index contributed by atoms with van der Waals surface area (Å²) in [6, 6.07) is 25.7. The molecule has 9 nitrogen and oxygen atoms in total. The number of amides is 2. The van der Waals surface area contributed by atoms with E-state index in [1.807, 2.05) is 42.5 Å². The van der Waals surface area contributed by atoms with Gasteiger partial charge in [-0.3, -0.25) is 19.2 Å². The van der Waals surface area contributed by atoms with E-state index in [1.165, 1.54) is 0 Å². The van der Waals surface area contributed by atoms with Crippen molar-refractivity contribution < 1.29 is 18.0 Å². The lowest BCUT2D eigenvalue weighted by Crippen LogP contribution is -2.50. The van der Waals surface area contributed by atoms with Crippen molar-refractivity contribution in [3.05, 3.63) is 101 Å². The van der Waals surface area contributed by atoms with Crippen molar-refractivity contribution in [1.82, 2.24) is 14.7 Å². The number of nitrogens with one attached hydrogen (secondary N) is 1. The quantitative estimate of drug-likeness (QED) is 0.272. The normalized spacial score (nSPS) is 16.2. The van der Waals surface area contributed by atoms with Crippen molar-refractivity contribution in [3.8, 4) is 0 Å². The number of sulfonamides is 1. The maximum absolute atomic E-state index is 13.8. The Kier molecular flexibility index (Phi) is 9.35. The van der Waals surface area contributed by atoms with Crippen LogP contribution in [0.2, 0.25) is 0 Å². The fourth-order valence-corrected chi connectivity index (χ4v) is 7.48. The molecule has 0 aliphatic carbocycles. The summed E-state index contributed by atoms with van der Waals surface area (Å²) in [5.41, 5.74) is 2.12. The van der Waals surface area contributed by atoms with Crippen LogP contribution in [0.5, 0.6) is 0 Å². The van der Waals surface area contributed by atoms with Gasteiger partial charge in [0.05, 0.1) is 16.3 Å². The Morgan fingerprint density at radius 3 is 1.91 bits per heavy atom. The maximum atomic E-state index is 13.8. The van der Waals surface area contributed by atoms with Crippen LogP contribution in [-0.4, -0.2) is 93.3 Å². The van der Waals surface area contributed by atoms with Gasteiger partial charge < -0.3 is 14.7 Å². The molecule has 11 heteroatoms. The smallest absolute Gasteiger partial charge is 0.261 e. The number of halogens is 1. The number of hydrogen-bond acceptors (Lipinski definition) is 6. The Hall–Kier alpha value is -3.93. The van der Waals surface area contributed by atoms with Crippen molar-refractivity contribution in [3.63, 3.8) is 0 Å². The van der Waals surface area contributed by atoms with Gasteiger partial charge >= 0.3 is 0 Å². The minimum Gasteiger partial charge on any atom is -0.367 e. The first-order valence-corrected chi connectivity index (χ1v) is 17.9. The fourth-order valence-electron chi connectivity index (χ4n) is 6.11. The molecule has 46 heavy (non-hydrogen) atoms. The average Bonchev–Trinajstić information content (AvgIpc) is 3.07. The van der Waals surface area contributed by atoms with Gasteiger partial charge in [0.2, 0.25) is 0 Å². The molecular weight excluding hydrogens is 666 g/mol. The minimum absolute atomic E-state index is 0.0631. The van der Waals surface area contributed by atoms with Crippen LogP contribution in [0.25, 0.3) is 10.8 Å². The first-order chi connectivity index (χ1) is 22.1. The molecule has 2 fully saturated rings. The van der Waals surface area contributed by atoms with Crippen molar-refractivity contribution in [1.29, 1.82) is 0 Å². The third-order valence-corrected chi connectivity index (χ3v) is 10.7. The van der Waals surface area contributed by atoms with Crippen molar-refractivity contribution >= 4 is 59.9 Å². The molecule has 0 bridgehead atoms.